The Morgan fingerprint density at radius 2 is 1.52 bits per heavy atom. The summed E-state index contributed by atoms with van der Waals surface area (Å²) in [5.41, 5.74) is 0.953. The minimum absolute atomic E-state index is 0.00853. The molecule has 2 aromatic rings. The lowest BCUT2D eigenvalue weighted by molar-refractivity contribution is -0.116. The van der Waals surface area contributed by atoms with Crippen LogP contribution in [0, 0.1) is 5.92 Å². The highest BCUT2D eigenvalue weighted by Crippen LogP contribution is 2.15. The lowest BCUT2D eigenvalue weighted by Gasteiger charge is -2.09. The fourth-order valence-corrected chi connectivity index (χ4v) is 2.10. The van der Waals surface area contributed by atoms with E-state index in [0.717, 1.165) is 0 Å². The molecule has 25 heavy (non-hydrogen) atoms. The average Bonchev–Trinajstić information content (AvgIpc) is 2.56. The first-order valence-corrected chi connectivity index (χ1v) is 7.77. The molecule has 0 aliphatic heterocycles. The quantitative estimate of drug-likeness (QED) is 0.748. The summed E-state index contributed by atoms with van der Waals surface area (Å²) in [6.45, 7) is 3.93. The van der Waals surface area contributed by atoms with Crippen LogP contribution < -0.4 is 10.6 Å². The number of amides is 2. The van der Waals surface area contributed by atoms with Gasteiger partial charge in [0.25, 0.3) is 5.91 Å². The lowest BCUT2D eigenvalue weighted by atomic mass is 10.1. The van der Waals surface area contributed by atoms with Crippen molar-refractivity contribution >= 4 is 29.2 Å². The van der Waals surface area contributed by atoms with Crippen molar-refractivity contribution in [3.05, 3.63) is 53.9 Å². The zero-order valence-corrected chi connectivity index (χ0v) is 13.9. The number of carboxylic acid groups (broad SMARTS) is 1. The molecule has 0 radical (unpaired) electrons. The molecule has 1 aromatic carbocycles. The summed E-state index contributed by atoms with van der Waals surface area (Å²) in [5, 5.41) is 14.3. The van der Waals surface area contributed by atoms with E-state index in [1.165, 1.54) is 18.2 Å². The first-order valence-electron chi connectivity index (χ1n) is 7.77. The molecule has 0 aliphatic rings. The van der Waals surface area contributed by atoms with E-state index >= 15 is 0 Å². The number of carbonyl (C=O) groups excluding carboxylic acids is 2. The Bertz CT molecular complexity index is 785. The second-order valence-corrected chi connectivity index (χ2v) is 5.89. The van der Waals surface area contributed by atoms with Crippen LogP contribution in [0.15, 0.2) is 42.5 Å². The van der Waals surface area contributed by atoms with Crippen LogP contribution >= 0.6 is 0 Å². The predicted octanol–water partition coefficient (Wildman–Crippen LogP) is 3.02. The molecule has 130 valence electrons. The molecule has 2 amide bonds. The van der Waals surface area contributed by atoms with Crippen molar-refractivity contribution in [3.8, 4) is 0 Å². The van der Waals surface area contributed by atoms with E-state index in [1.807, 2.05) is 13.8 Å². The molecular weight excluding hydrogens is 322 g/mol. The Hall–Kier alpha value is -3.22. The number of aromatic carboxylic acids is 1. The van der Waals surface area contributed by atoms with Crippen LogP contribution in [-0.4, -0.2) is 27.9 Å². The fraction of sp³-hybridized carbons (Fsp3) is 0.222. The number of hydrogen-bond acceptors (Lipinski definition) is 4. The molecule has 0 bridgehead atoms. The highest BCUT2D eigenvalue weighted by atomic mass is 16.4. The van der Waals surface area contributed by atoms with E-state index in [1.54, 1.807) is 24.3 Å². The van der Waals surface area contributed by atoms with Gasteiger partial charge in [-0.3, -0.25) is 9.59 Å². The van der Waals surface area contributed by atoms with Gasteiger partial charge in [-0.25, -0.2) is 9.78 Å². The number of benzene rings is 1. The summed E-state index contributed by atoms with van der Waals surface area (Å²) in [6.07, 6.45) is 0.435. The van der Waals surface area contributed by atoms with Crippen LogP contribution in [0.3, 0.4) is 0 Å². The topological polar surface area (TPSA) is 108 Å². The number of anilines is 2. The van der Waals surface area contributed by atoms with Gasteiger partial charge in [0.1, 0.15) is 11.4 Å². The molecule has 0 unspecified atom stereocenters. The van der Waals surface area contributed by atoms with E-state index < -0.39 is 11.9 Å². The van der Waals surface area contributed by atoms with Gasteiger partial charge in [-0.15, -0.1) is 0 Å². The molecular formula is C18H19N3O4. The van der Waals surface area contributed by atoms with Crippen molar-refractivity contribution in [1.29, 1.82) is 0 Å². The number of carboxylic acids is 1. The third-order valence-corrected chi connectivity index (χ3v) is 3.22. The second-order valence-electron chi connectivity index (χ2n) is 5.89. The van der Waals surface area contributed by atoms with E-state index in [4.69, 9.17) is 5.11 Å². The Balaban J connectivity index is 2.01. The number of nitrogens with one attached hydrogen (secondary N) is 2. The largest absolute Gasteiger partial charge is 0.477 e. The van der Waals surface area contributed by atoms with Crippen LogP contribution in [0.1, 0.15) is 41.2 Å². The molecule has 0 saturated carbocycles. The van der Waals surface area contributed by atoms with Crippen molar-refractivity contribution < 1.29 is 19.5 Å². The first kappa shape index (κ1) is 18.1. The Morgan fingerprint density at radius 1 is 0.960 bits per heavy atom. The van der Waals surface area contributed by atoms with Gasteiger partial charge >= 0.3 is 5.97 Å². The number of carbonyl (C=O) groups is 3. The lowest BCUT2D eigenvalue weighted by Crippen LogP contribution is -2.16. The smallest absolute Gasteiger partial charge is 0.354 e. The molecule has 7 heteroatoms. The van der Waals surface area contributed by atoms with Crippen molar-refractivity contribution in [1.82, 2.24) is 4.98 Å². The van der Waals surface area contributed by atoms with Crippen molar-refractivity contribution in [2.24, 2.45) is 5.92 Å². The molecule has 7 nitrogen and oxygen atoms in total. The molecule has 0 fully saturated rings. The molecule has 0 saturated heterocycles. The second kappa shape index (κ2) is 8.05. The van der Waals surface area contributed by atoms with Gasteiger partial charge in [0.15, 0.2) is 0 Å². The molecule has 3 N–H and O–H groups in total. The predicted molar refractivity (Wildman–Crippen MR) is 93.7 cm³/mol. The maximum atomic E-state index is 12.1. The number of pyridine rings is 1. The summed E-state index contributed by atoms with van der Waals surface area (Å²) >= 11 is 0. The maximum absolute atomic E-state index is 12.1. The van der Waals surface area contributed by atoms with Gasteiger partial charge in [-0.2, -0.15) is 0 Å². The third-order valence-electron chi connectivity index (χ3n) is 3.22. The van der Waals surface area contributed by atoms with Gasteiger partial charge < -0.3 is 15.7 Å². The number of hydrogen-bond donors (Lipinski definition) is 3. The van der Waals surface area contributed by atoms with Crippen molar-refractivity contribution in [2.75, 3.05) is 10.6 Å². The minimum atomic E-state index is -1.20. The molecule has 0 aliphatic carbocycles. The van der Waals surface area contributed by atoms with Crippen molar-refractivity contribution in [3.63, 3.8) is 0 Å². The summed E-state index contributed by atoms with van der Waals surface area (Å²) < 4.78 is 0. The first-order chi connectivity index (χ1) is 11.8. The summed E-state index contributed by atoms with van der Waals surface area (Å²) in [5.74, 6) is -1.51. The molecule has 1 heterocycles. The molecule has 1 aromatic heterocycles. The Labute approximate surface area is 145 Å². The van der Waals surface area contributed by atoms with Crippen LogP contribution in [0.2, 0.25) is 0 Å². The number of aromatic nitrogens is 1. The van der Waals surface area contributed by atoms with Gasteiger partial charge in [-0.05, 0) is 42.3 Å². The third kappa shape index (κ3) is 5.42. The highest BCUT2D eigenvalue weighted by molar-refractivity contribution is 6.03. The van der Waals surface area contributed by atoms with E-state index in [9.17, 15) is 14.4 Å². The fourth-order valence-electron chi connectivity index (χ4n) is 2.10. The Kier molecular flexibility index (Phi) is 5.84. The van der Waals surface area contributed by atoms with Gasteiger partial charge in [0, 0.05) is 17.8 Å². The van der Waals surface area contributed by atoms with Gasteiger partial charge in [0.05, 0.1) is 0 Å². The number of rotatable bonds is 6. The van der Waals surface area contributed by atoms with Crippen molar-refractivity contribution in [2.45, 2.75) is 20.3 Å². The van der Waals surface area contributed by atoms with Crippen LogP contribution in [0.5, 0.6) is 0 Å². The minimum Gasteiger partial charge on any atom is -0.477 e. The summed E-state index contributed by atoms with van der Waals surface area (Å²) in [6, 6.07) is 10.8. The monoisotopic (exact) mass is 341 g/mol. The molecule has 2 rings (SSSR count). The van der Waals surface area contributed by atoms with Gasteiger partial charge in [-0.1, -0.05) is 19.9 Å². The molecule has 0 spiro atoms. The summed E-state index contributed by atoms with van der Waals surface area (Å²) in [7, 11) is 0. The zero-order chi connectivity index (χ0) is 18.4. The highest BCUT2D eigenvalue weighted by Gasteiger charge is 2.12. The SMILES string of the molecule is CC(C)CC(=O)Nc1ccc(NC(=O)c2cccc(C(=O)O)n2)cc1. The number of nitrogens with zero attached hydrogens (tertiary/aromatic N) is 1. The van der Waals surface area contributed by atoms with Crippen LogP contribution in [-0.2, 0) is 4.79 Å². The normalized spacial score (nSPS) is 10.4. The zero-order valence-electron chi connectivity index (χ0n) is 13.9. The molecule has 0 atom stereocenters. The van der Waals surface area contributed by atoms with Crippen LogP contribution in [0.25, 0.3) is 0 Å². The van der Waals surface area contributed by atoms with E-state index in [-0.39, 0.29) is 23.2 Å². The standard InChI is InChI=1S/C18H19N3O4/c1-11(2)10-16(22)19-12-6-8-13(9-7-12)20-17(23)14-4-3-5-15(21-14)18(24)25/h3-9,11H,10H2,1-2H3,(H,19,22)(H,20,23)(H,24,25). The van der Waals surface area contributed by atoms with Crippen LogP contribution in [0.4, 0.5) is 11.4 Å². The van der Waals surface area contributed by atoms with E-state index in [2.05, 4.69) is 15.6 Å². The maximum Gasteiger partial charge on any atom is 0.354 e. The van der Waals surface area contributed by atoms with E-state index in [0.29, 0.717) is 17.8 Å². The summed E-state index contributed by atoms with van der Waals surface area (Å²) in [4.78, 5) is 38.5. The average molecular weight is 341 g/mol. The Morgan fingerprint density at radius 3 is 2.08 bits per heavy atom. The van der Waals surface area contributed by atoms with Gasteiger partial charge in [0.2, 0.25) is 5.91 Å².